The van der Waals surface area contributed by atoms with E-state index in [-0.39, 0.29) is 12.4 Å². The first-order valence-electron chi connectivity index (χ1n) is 6.44. The highest BCUT2D eigenvalue weighted by atomic mass is 35.5. The van der Waals surface area contributed by atoms with Crippen molar-refractivity contribution in [2.75, 3.05) is 33.3 Å². The van der Waals surface area contributed by atoms with E-state index in [1.165, 1.54) is 19.5 Å². The lowest BCUT2D eigenvalue weighted by Crippen LogP contribution is -2.44. The molecule has 1 N–H and O–H groups in total. The summed E-state index contributed by atoms with van der Waals surface area (Å²) in [4.78, 5) is 2.54. The average molecular weight is 265 g/mol. The van der Waals surface area contributed by atoms with E-state index in [9.17, 15) is 0 Å². The van der Waals surface area contributed by atoms with Crippen molar-refractivity contribution in [2.45, 2.75) is 46.3 Å². The highest BCUT2D eigenvalue weighted by Crippen LogP contribution is 2.26. The molecule has 0 aromatic rings. The van der Waals surface area contributed by atoms with Crippen molar-refractivity contribution in [1.29, 1.82) is 0 Å². The van der Waals surface area contributed by atoms with Gasteiger partial charge in [-0.25, -0.2) is 0 Å². The maximum absolute atomic E-state index is 5.37. The van der Waals surface area contributed by atoms with E-state index in [4.69, 9.17) is 4.74 Å². The van der Waals surface area contributed by atoms with Crippen LogP contribution >= 0.6 is 12.4 Å². The Morgan fingerprint density at radius 3 is 2.41 bits per heavy atom. The minimum atomic E-state index is 0. The smallest absolute Gasteiger partial charge is 0.0670 e. The molecule has 1 saturated heterocycles. The minimum Gasteiger partial charge on any atom is -0.380 e. The summed E-state index contributed by atoms with van der Waals surface area (Å²) in [5.74, 6) is 0. The Balaban J connectivity index is 0.00000256. The van der Waals surface area contributed by atoms with E-state index >= 15 is 0 Å². The number of rotatable bonds is 6. The zero-order valence-electron chi connectivity index (χ0n) is 12.0. The van der Waals surface area contributed by atoms with Gasteiger partial charge in [0.2, 0.25) is 0 Å². The highest BCUT2D eigenvalue weighted by Gasteiger charge is 2.31. The summed E-state index contributed by atoms with van der Waals surface area (Å²) < 4.78 is 5.37. The molecule has 1 aliphatic heterocycles. The first-order chi connectivity index (χ1) is 7.47. The zero-order chi connectivity index (χ0) is 12.2. The van der Waals surface area contributed by atoms with Crippen molar-refractivity contribution in [1.82, 2.24) is 10.2 Å². The normalized spacial score (nSPS) is 26.3. The van der Waals surface area contributed by atoms with Gasteiger partial charge in [0, 0.05) is 32.8 Å². The minimum absolute atomic E-state index is 0. The number of methoxy groups -OCH3 is 1. The number of hydrogen-bond donors (Lipinski definition) is 1. The SMILES string of the molecule is COC(C)CN(CC1(C)CCNC1)C(C)C.Cl. The summed E-state index contributed by atoms with van der Waals surface area (Å²) in [6.07, 6.45) is 1.61. The second-order valence-electron chi connectivity index (χ2n) is 5.81. The molecule has 1 rings (SSSR count). The van der Waals surface area contributed by atoms with Crippen LogP contribution in [-0.4, -0.2) is 50.3 Å². The average Bonchev–Trinajstić information content (AvgIpc) is 2.63. The van der Waals surface area contributed by atoms with Gasteiger partial charge in [-0.05, 0) is 39.2 Å². The van der Waals surface area contributed by atoms with Gasteiger partial charge in [-0.2, -0.15) is 0 Å². The van der Waals surface area contributed by atoms with Crippen molar-refractivity contribution >= 4 is 12.4 Å². The molecule has 0 aromatic heterocycles. The van der Waals surface area contributed by atoms with Crippen LogP contribution in [0, 0.1) is 5.41 Å². The lowest BCUT2D eigenvalue weighted by Gasteiger charge is -2.35. The maximum atomic E-state index is 5.37. The Labute approximate surface area is 113 Å². The first kappa shape index (κ1) is 17.2. The predicted molar refractivity (Wildman–Crippen MR) is 76.0 cm³/mol. The van der Waals surface area contributed by atoms with Crippen LogP contribution in [-0.2, 0) is 4.74 Å². The first-order valence-corrected chi connectivity index (χ1v) is 6.44. The monoisotopic (exact) mass is 264 g/mol. The molecule has 0 bridgehead atoms. The second kappa shape index (κ2) is 7.57. The van der Waals surface area contributed by atoms with Gasteiger partial charge in [0.15, 0.2) is 0 Å². The molecule has 0 spiro atoms. The van der Waals surface area contributed by atoms with Crippen LogP contribution in [0.1, 0.15) is 34.1 Å². The summed E-state index contributed by atoms with van der Waals surface area (Å²) in [6, 6.07) is 0.593. The summed E-state index contributed by atoms with van der Waals surface area (Å²) in [5, 5.41) is 3.47. The summed E-state index contributed by atoms with van der Waals surface area (Å²) in [7, 11) is 1.79. The molecule has 2 unspecified atom stereocenters. The van der Waals surface area contributed by atoms with Crippen molar-refractivity contribution < 1.29 is 4.74 Å². The molecule has 4 heteroatoms. The molecule has 1 heterocycles. The molecule has 104 valence electrons. The van der Waals surface area contributed by atoms with Crippen molar-refractivity contribution in [2.24, 2.45) is 5.41 Å². The molecule has 0 aliphatic carbocycles. The fraction of sp³-hybridized carbons (Fsp3) is 1.00. The Morgan fingerprint density at radius 1 is 1.35 bits per heavy atom. The van der Waals surface area contributed by atoms with Crippen LogP contribution in [0.2, 0.25) is 0 Å². The molecular formula is C13H29ClN2O. The van der Waals surface area contributed by atoms with Gasteiger partial charge in [0.25, 0.3) is 0 Å². The largest absolute Gasteiger partial charge is 0.380 e. The molecule has 2 atom stereocenters. The van der Waals surface area contributed by atoms with E-state index in [2.05, 4.69) is 37.9 Å². The Hall–Kier alpha value is 0.170. The van der Waals surface area contributed by atoms with E-state index in [0.29, 0.717) is 17.6 Å². The van der Waals surface area contributed by atoms with Gasteiger partial charge >= 0.3 is 0 Å². The third-order valence-electron chi connectivity index (χ3n) is 3.67. The van der Waals surface area contributed by atoms with Gasteiger partial charge in [0.05, 0.1) is 6.10 Å². The molecule has 17 heavy (non-hydrogen) atoms. The van der Waals surface area contributed by atoms with Gasteiger partial charge in [-0.3, -0.25) is 4.90 Å². The molecular weight excluding hydrogens is 236 g/mol. The maximum Gasteiger partial charge on any atom is 0.0670 e. The molecule has 0 radical (unpaired) electrons. The second-order valence-corrected chi connectivity index (χ2v) is 5.81. The Morgan fingerprint density at radius 2 is 2.00 bits per heavy atom. The van der Waals surface area contributed by atoms with Crippen LogP contribution in [0.3, 0.4) is 0 Å². The number of hydrogen-bond acceptors (Lipinski definition) is 3. The van der Waals surface area contributed by atoms with Crippen molar-refractivity contribution in [3.05, 3.63) is 0 Å². The summed E-state index contributed by atoms with van der Waals surface area (Å²) in [5.41, 5.74) is 0.442. The summed E-state index contributed by atoms with van der Waals surface area (Å²) >= 11 is 0. The predicted octanol–water partition coefficient (Wildman–Crippen LogP) is 2.15. The molecule has 0 aromatic carbocycles. The zero-order valence-corrected chi connectivity index (χ0v) is 12.8. The van der Waals surface area contributed by atoms with E-state index < -0.39 is 0 Å². The molecule has 0 saturated carbocycles. The van der Waals surface area contributed by atoms with Crippen LogP contribution < -0.4 is 5.32 Å². The summed E-state index contributed by atoms with van der Waals surface area (Å²) in [6.45, 7) is 13.6. The third-order valence-corrected chi connectivity index (χ3v) is 3.67. The molecule has 1 fully saturated rings. The standard InChI is InChI=1S/C13H28N2O.ClH/c1-11(2)15(8-12(3)16-5)10-13(4)6-7-14-9-13;/h11-12,14H,6-10H2,1-5H3;1H. The fourth-order valence-electron chi connectivity index (χ4n) is 2.36. The Bertz CT molecular complexity index is 206. The number of nitrogens with one attached hydrogen (secondary N) is 1. The number of halogens is 1. The lowest BCUT2D eigenvalue weighted by atomic mass is 9.88. The van der Waals surface area contributed by atoms with Crippen LogP contribution in [0.4, 0.5) is 0 Å². The lowest BCUT2D eigenvalue weighted by molar-refractivity contribution is 0.0480. The van der Waals surface area contributed by atoms with Crippen molar-refractivity contribution in [3.63, 3.8) is 0 Å². The number of ether oxygens (including phenoxy) is 1. The van der Waals surface area contributed by atoms with E-state index in [1.54, 1.807) is 7.11 Å². The van der Waals surface area contributed by atoms with Crippen LogP contribution in [0.5, 0.6) is 0 Å². The molecule has 0 amide bonds. The Kier molecular flexibility index (Phi) is 7.65. The van der Waals surface area contributed by atoms with Crippen LogP contribution in [0.15, 0.2) is 0 Å². The van der Waals surface area contributed by atoms with Crippen LogP contribution in [0.25, 0.3) is 0 Å². The van der Waals surface area contributed by atoms with Gasteiger partial charge in [-0.15, -0.1) is 12.4 Å². The fourth-order valence-corrected chi connectivity index (χ4v) is 2.36. The van der Waals surface area contributed by atoms with Gasteiger partial charge in [-0.1, -0.05) is 6.92 Å². The highest BCUT2D eigenvalue weighted by molar-refractivity contribution is 5.85. The topological polar surface area (TPSA) is 24.5 Å². The molecule has 3 nitrogen and oxygen atoms in total. The third kappa shape index (κ3) is 5.56. The number of nitrogens with zero attached hydrogens (tertiary/aromatic N) is 1. The van der Waals surface area contributed by atoms with Crippen molar-refractivity contribution in [3.8, 4) is 0 Å². The quantitative estimate of drug-likeness (QED) is 0.796. The van der Waals surface area contributed by atoms with E-state index in [0.717, 1.165) is 13.1 Å². The van der Waals surface area contributed by atoms with E-state index in [1.807, 2.05) is 0 Å². The van der Waals surface area contributed by atoms with Gasteiger partial charge < -0.3 is 10.1 Å². The van der Waals surface area contributed by atoms with Gasteiger partial charge in [0.1, 0.15) is 0 Å². The molecule has 1 aliphatic rings.